The third-order valence-electron chi connectivity index (χ3n) is 4.74. The van der Waals surface area contributed by atoms with Crippen LogP contribution >= 0.6 is 11.6 Å². The van der Waals surface area contributed by atoms with Crippen LogP contribution in [0.15, 0.2) is 42.7 Å². The first kappa shape index (κ1) is 18.4. The highest BCUT2D eigenvalue weighted by Crippen LogP contribution is 2.20. The van der Waals surface area contributed by atoms with E-state index in [1.807, 2.05) is 25.1 Å². The lowest BCUT2D eigenvalue weighted by Crippen LogP contribution is -2.51. The van der Waals surface area contributed by atoms with Crippen LogP contribution in [0.2, 0.25) is 5.02 Å². The summed E-state index contributed by atoms with van der Waals surface area (Å²) in [5.74, 6) is -0.266. The molecule has 136 valence electrons. The Morgan fingerprint density at radius 1 is 1.31 bits per heavy atom. The number of rotatable bonds is 4. The number of hydrogen-bond acceptors (Lipinski definition) is 3. The largest absolute Gasteiger partial charge is 0.350 e. The Morgan fingerprint density at radius 2 is 2.15 bits per heavy atom. The maximum Gasteiger partial charge on any atom is 0.256 e. The number of piperidine rings is 1. The number of benzene rings is 1. The predicted molar refractivity (Wildman–Crippen MR) is 101 cm³/mol. The van der Waals surface area contributed by atoms with Crippen molar-refractivity contribution in [1.82, 2.24) is 15.2 Å². The van der Waals surface area contributed by atoms with Gasteiger partial charge in [0.1, 0.15) is 6.04 Å². The Balaban J connectivity index is 1.70. The SMILES string of the molecule is Cc1ccc(Cl)cc1CNC(=O)[C@@H]1CCCCN1C(=O)c1cccnc1. The van der Waals surface area contributed by atoms with Gasteiger partial charge in [0.15, 0.2) is 0 Å². The molecule has 0 saturated carbocycles. The molecule has 1 fully saturated rings. The van der Waals surface area contributed by atoms with Crippen LogP contribution in [-0.4, -0.2) is 34.3 Å². The Morgan fingerprint density at radius 3 is 2.92 bits per heavy atom. The monoisotopic (exact) mass is 371 g/mol. The Labute approximate surface area is 158 Å². The third kappa shape index (κ3) is 4.22. The second-order valence-electron chi connectivity index (χ2n) is 6.54. The topological polar surface area (TPSA) is 62.3 Å². The molecule has 1 aromatic heterocycles. The summed E-state index contributed by atoms with van der Waals surface area (Å²) in [5.41, 5.74) is 2.56. The van der Waals surface area contributed by atoms with Crippen LogP contribution in [-0.2, 0) is 11.3 Å². The van der Waals surface area contributed by atoms with Crippen molar-refractivity contribution < 1.29 is 9.59 Å². The van der Waals surface area contributed by atoms with Crippen LogP contribution in [0, 0.1) is 6.92 Å². The molecule has 0 aliphatic carbocycles. The van der Waals surface area contributed by atoms with E-state index >= 15 is 0 Å². The van der Waals surface area contributed by atoms with Gasteiger partial charge in [-0.1, -0.05) is 17.7 Å². The van der Waals surface area contributed by atoms with Crippen molar-refractivity contribution in [2.75, 3.05) is 6.54 Å². The zero-order chi connectivity index (χ0) is 18.5. The van der Waals surface area contributed by atoms with Crippen LogP contribution in [0.3, 0.4) is 0 Å². The molecule has 2 heterocycles. The minimum absolute atomic E-state index is 0.124. The zero-order valence-corrected chi connectivity index (χ0v) is 15.5. The minimum Gasteiger partial charge on any atom is -0.350 e. The smallest absolute Gasteiger partial charge is 0.256 e. The van der Waals surface area contributed by atoms with E-state index in [4.69, 9.17) is 11.6 Å². The van der Waals surface area contributed by atoms with Crippen molar-refractivity contribution in [3.05, 3.63) is 64.4 Å². The Kier molecular flexibility index (Phi) is 5.89. The number of pyridine rings is 1. The number of nitrogens with zero attached hydrogens (tertiary/aromatic N) is 2. The first-order valence-corrected chi connectivity index (χ1v) is 9.18. The molecule has 3 rings (SSSR count). The van der Waals surface area contributed by atoms with Crippen molar-refractivity contribution in [3.8, 4) is 0 Å². The first-order valence-electron chi connectivity index (χ1n) is 8.80. The lowest BCUT2D eigenvalue weighted by Gasteiger charge is -2.34. The highest BCUT2D eigenvalue weighted by Gasteiger charge is 2.32. The molecule has 0 unspecified atom stereocenters. The van der Waals surface area contributed by atoms with Crippen molar-refractivity contribution in [2.24, 2.45) is 0 Å². The quantitative estimate of drug-likeness (QED) is 0.896. The molecule has 1 aliphatic rings. The van der Waals surface area contributed by atoms with Crippen LogP contribution in [0.1, 0.15) is 40.7 Å². The summed E-state index contributed by atoms with van der Waals surface area (Å²) in [6.45, 7) is 2.97. The van der Waals surface area contributed by atoms with Gasteiger partial charge in [0.25, 0.3) is 5.91 Å². The number of nitrogens with one attached hydrogen (secondary N) is 1. The van der Waals surface area contributed by atoms with E-state index in [1.54, 1.807) is 29.4 Å². The second-order valence-corrected chi connectivity index (χ2v) is 6.98. The van der Waals surface area contributed by atoms with Crippen molar-refractivity contribution in [1.29, 1.82) is 0 Å². The molecule has 0 bridgehead atoms. The lowest BCUT2D eigenvalue weighted by atomic mass is 10.00. The molecule has 1 N–H and O–H groups in total. The van der Waals surface area contributed by atoms with E-state index in [2.05, 4.69) is 10.3 Å². The van der Waals surface area contributed by atoms with E-state index in [-0.39, 0.29) is 11.8 Å². The van der Waals surface area contributed by atoms with Gasteiger partial charge >= 0.3 is 0 Å². The molecule has 6 heteroatoms. The van der Waals surface area contributed by atoms with Crippen molar-refractivity contribution >= 4 is 23.4 Å². The number of aryl methyl sites for hydroxylation is 1. The fourth-order valence-electron chi connectivity index (χ4n) is 3.23. The van der Waals surface area contributed by atoms with Crippen LogP contribution in [0.5, 0.6) is 0 Å². The lowest BCUT2D eigenvalue weighted by molar-refractivity contribution is -0.126. The standard InChI is InChI=1S/C20H22ClN3O2/c1-14-7-8-17(21)11-16(14)13-23-19(25)18-6-2-3-10-24(18)20(26)15-5-4-9-22-12-15/h4-5,7-9,11-12,18H,2-3,6,10,13H2,1H3,(H,23,25)/t18-/m0/s1. The molecule has 5 nitrogen and oxygen atoms in total. The molecule has 0 radical (unpaired) electrons. The fourth-order valence-corrected chi connectivity index (χ4v) is 3.43. The predicted octanol–water partition coefficient (Wildman–Crippen LogP) is 3.35. The third-order valence-corrected chi connectivity index (χ3v) is 4.97. The van der Waals surface area contributed by atoms with E-state index in [0.29, 0.717) is 30.1 Å². The molecular formula is C20H22ClN3O2. The molecular weight excluding hydrogens is 350 g/mol. The van der Waals surface area contributed by atoms with E-state index in [9.17, 15) is 9.59 Å². The molecule has 1 aliphatic heterocycles. The van der Waals surface area contributed by atoms with Crippen molar-refractivity contribution in [3.63, 3.8) is 0 Å². The van der Waals surface area contributed by atoms with Gasteiger partial charge in [-0.05, 0) is 61.6 Å². The average Bonchev–Trinajstić information content (AvgIpc) is 2.68. The summed E-state index contributed by atoms with van der Waals surface area (Å²) in [4.78, 5) is 31.2. The summed E-state index contributed by atoms with van der Waals surface area (Å²) in [7, 11) is 0. The molecule has 2 amide bonds. The number of aromatic nitrogens is 1. The van der Waals surface area contributed by atoms with Gasteiger partial charge in [-0.3, -0.25) is 14.6 Å². The summed E-state index contributed by atoms with van der Waals surface area (Å²) in [6, 6.07) is 8.63. The minimum atomic E-state index is -0.448. The molecule has 2 aromatic rings. The highest BCUT2D eigenvalue weighted by molar-refractivity contribution is 6.30. The molecule has 26 heavy (non-hydrogen) atoms. The number of hydrogen-bond donors (Lipinski definition) is 1. The maximum absolute atomic E-state index is 12.8. The van der Waals surface area contributed by atoms with Crippen LogP contribution < -0.4 is 5.32 Å². The van der Waals surface area contributed by atoms with Gasteiger partial charge in [-0.15, -0.1) is 0 Å². The normalized spacial score (nSPS) is 17.0. The van der Waals surface area contributed by atoms with Gasteiger partial charge in [0.05, 0.1) is 5.56 Å². The molecule has 0 spiro atoms. The van der Waals surface area contributed by atoms with E-state index < -0.39 is 6.04 Å². The number of likely N-dealkylation sites (tertiary alicyclic amines) is 1. The number of carbonyl (C=O) groups excluding carboxylic acids is 2. The number of carbonyl (C=O) groups is 2. The van der Waals surface area contributed by atoms with Gasteiger partial charge < -0.3 is 10.2 Å². The zero-order valence-electron chi connectivity index (χ0n) is 14.7. The number of amides is 2. The highest BCUT2D eigenvalue weighted by atomic mass is 35.5. The molecule has 1 aromatic carbocycles. The van der Waals surface area contributed by atoms with Crippen LogP contribution in [0.4, 0.5) is 0 Å². The number of halogens is 1. The van der Waals surface area contributed by atoms with Gasteiger partial charge in [-0.25, -0.2) is 0 Å². The summed E-state index contributed by atoms with van der Waals surface area (Å²) >= 11 is 6.04. The Hall–Kier alpha value is -2.40. The summed E-state index contributed by atoms with van der Waals surface area (Å²) < 4.78 is 0. The van der Waals surface area contributed by atoms with Gasteiger partial charge in [0, 0.05) is 30.5 Å². The maximum atomic E-state index is 12.8. The van der Waals surface area contributed by atoms with Gasteiger partial charge in [0.2, 0.25) is 5.91 Å². The Bertz CT molecular complexity index is 795. The van der Waals surface area contributed by atoms with E-state index in [1.165, 1.54) is 0 Å². The van der Waals surface area contributed by atoms with Crippen LogP contribution in [0.25, 0.3) is 0 Å². The summed E-state index contributed by atoms with van der Waals surface area (Å²) in [5, 5.41) is 3.61. The fraction of sp³-hybridized carbons (Fsp3) is 0.350. The van der Waals surface area contributed by atoms with Crippen molar-refractivity contribution in [2.45, 2.75) is 38.8 Å². The van der Waals surface area contributed by atoms with Gasteiger partial charge in [-0.2, -0.15) is 0 Å². The first-order chi connectivity index (χ1) is 12.6. The molecule has 1 atom stereocenters. The second kappa shape index (κ2) is 8.32. The van der Waals surface area contributed by atoms with E-state index in [0.717, 1.165) is 24.0 Å². The summed E-state index contributed by atoms with van der Waals surface area (Å²) in [6.07, 6.45) is 5.69. The average molecular weight is 372 g/mol. The molecule has 1 saturated heterocycles.